The molecule has 2 aromatic carbocycles. The van der Waals surface area contributed by atoms with E-state index in [-0.39, 0.29) is 22.1 Å². The molecular weight excluding hydrogens is 356 g/mol. The number of benzene rings is 2. The lowest BCUT2D eigenvalue weighted by atomic mass is 10.2. The smallest absolute Gasteiger partial charge is 0.387 e. The van der Waals surface area contributed by atoms with Crippen molar-refractivity contribution >= 4 is 15.7 Å². The molecule has 6 nitrogen and oxygen atoms in total. The van der Waals surface area contributed by atoms with Crippen LogP contribution in [0.4, 0.5) is 14.5 Å². The lowest BCUT2D eigenvalue weighted by Crippen LogP contribution is -2.16. The van der Waals surface area contributed by atoms with Gasteiger partial charge in [-0.25, -0.2) is 8.42 Å². The van der Waals surface area contributed by atoms with Crippen LogP contribution in [0.5, 0.6) is 17.2 Å². The van der Waals surface area contributed by atoms with Gasteiger partial charge in [0.25, 0.3) is 10.0 Å². The molecule has 0 bridgehead atoms. The predicted molar refractivity (Wildman–Crippen MR) is 88.2 cm³/mol. The molecule has 136 valence electrons. The van der Waals surface area contributed by atoms with E-state index in [4.69, 9.17) is 9.47 Å². The molecule has 0 saturated carbocycles. The highest BCUT2D eigenvalue weighted by Crippen LogP contribution is 2.33. The topological polar surface area (TPSA) is 73.9 Å². The number of sulfonamides is 1. The summed E-state index contributed by atoms with van der Waals surface area (Å²) < 4.78 is 67.1. The molecular formula is C16H17F2NO5S. The maximum atomic E-state index is 12.7. The molecule has 0 radical (unpaired) electrons. The number of hydrogen-bond donors (Lipinski definition) is 1. The zero-order valence-electron chi connectivity index (χ0n) is 13.7. The van der Waals surface area contributed by atoms with Crippen molar-refractivity contribution in [1.29, 1.82) is 0 Å². The first-order valence-electron chi connectivity index (χ1n) is 7.07. The van der Waals surface area contributed by atoms with Crippen molar-refractivity contribution < 1.29 is 31.4 Å². The molecule has 1 N–H and O–H groups in total. The lowest BCUT2D eigenvalue weighted by molar-refractivity contribution is -0.0493. The van der Waals surface area contributed by atoms with E-state index in [1.54, 1.807) is 6.92 Å². The summed E-state index contributed by atoms with van der Waals surface area (Å²) in [4.78, 5) is -0.166. The lowest BCUT2D eigenvalue weighted by Gasteiger charge is -2.15. The van der Waals surface area contributed by atoms with E-state index in [0.29, 0.717) is 11.3 Å². The summed E-state index contributed by atoms with van der Waals surface area (Å²) in [5.74, 6) is 0.181. The molecule has 0 fully saturated rings. The number of alkyl halides is 2. The predicted octanol–water partition coefficient (Wildman–Crippen LogP) is 3.41. The van der Waals surface area contributed by atoms with E-state index in [1.807, 2.05) is 0 Å². The van der Waals surface area contributed by atoms with Gasteiger partial charge >= 0.3 is 6.61 Å². The number of ether oxygens (including phenoxy) is 3. The Labute approximate surface area is 144 Å². The van der Waals surface area contributed by atoms with Gasteiger partial charge in [0.2, 0.25) is 0 Å². The maximum Gasteiger partial charge on any atom is 0.387 e. The fraction of sp³-hybridized carbons (Fsp3) is 0.250. The van der Waals surface area contributed by atoms with Crippen LogP contribution in [0.1, 0.15) is 5.56 Å². The van der Waals surface area contributed by atoms with Gasteiger partial charge in [-0.05, 0) is 36.8 Å². The van der Waals surface area contributed by atoms with E-state index in [9.17, 15) is 17.2 Å². The summed E-state index contributed by atoms with van der Waals surface area (Å²) in [7, 11) is -1.37. The second-order valence-electron chi connectivity index (χ2n) is 5.00. The molecule has 0 aromatic heterocycles. The van der Waals surface area contributed by atoms with E-state index < -0.39 is 16.6 Å². The Hall–Kier alpha value is -2.55. The van der Waals surface area contributed by atoms with Gasteiger partial charge < -0.3 is 14.2 Å². The molecule has 2 rings (SSSR count). The van der Waals surface area contributed by atoms with Crippen LogP contribution >= 0.6 is 0 Å². The zero-order chi connectivity index (χ0) is 18.6. The van der Waals surface area contributed by atoms with Gasteiger partial charge in [0.15, 0.2) is 0 Å². The monoisotopic (exact) mass is 373 g/mol. The first-order valence-corrected chi connectivity index (χ1v) is 8.55. The third-order valence-electron chi connectivity index (χ3n) is 3.26. The molecule has 0 aliphatic carbocycles. The number of nitrogens with one attached hydrogen (secondary N) is 1. The summed E-state index contributed by atoms with van der Waals surface area (Å²) >= 11 is 0. The number of methoxy groups -OCH3 is 2. The van der Waals surface area contributed by atoms with Crippen molar-refractivity contribution in [1.82, 2.24) is 0 Å². The summed E-state index contributed by atoms with van der Waals surface area (Å²) in [5, 5.41) is 0. The number of anilines is 1. The standard InChI is InChI=1S/C16H17F2NO5S/c1-10-4-6-13(24-16(17)18)12(8-10)19-25(20,21)15-7-5-11(22-2)9-14(15)23-3/h4-9,16,19H,1-3H3. The van der Waals surface area contributed by atoms with E-state index >= 15 is 0 Å². The highest BCUT2D eigenvalue weighted by Gasteiger charge is 2.22. The van der Waals surface area contributed by atoms with Gasteiger partial charge in [-0.15, -0.1) is 0 Å². The summed E-state index contributed by atoms with van der Waals surface area (Å²) in [6.07, 6.45) is 0. The SMILES string of the molecule is COc1ccc(S(=O)(=O)Nc2cc(C)ccc2OC(F)F)c(OC)c1. The summed E-state index contributed by atoms with van der Waals surface area (Å²) in [6, 6.07) is 8.34. The van der Waals surface area contributed by atoms with Crippen LogP contribution in [0.15, 0.2) is 41.3 Å². The maximum absolute atomic E-state index is 12.7. The van der Waals surface area contributed by atoms with E-state index in [1.165, 1.54) is 50.6 Å². The summed E-state index contributed by atoms with van der Waals surface area (Å²) in [6.45, 7) is -1.39. The van der Waals surface area contributed by atoms with Crippen LogP contribution in [0.2, 0.25) is 0 Å². The van der Waals surface area contributed by atoms with Crippen molar-refractivity contribution in [3.8, 4) is 17.2 Å². The van der Waals surface area contributed by atoms with Crippen LogP contribution in [0.25, 0.3) is 0 Å². The molecule has 9 heteroatoms. The van der Waals surface area contributed by atoms with Crippen LogP contribution < -0.4 is 18.9 Å². The molecule has 0 aliphatic rings. The van der Waals surface area contributed by atoms with Crippen LogP contribution in [-0.4, -0.2) is 29.2 Å². The first-order chi connectivity index (χ1) is 11.8. The Morgan fingerprint density at radius 1 is 1.00 bits per heavy atom. The number of rotatable bonds is 7. The van der Waals surface area contributed by atoms with Gasteiger partial charge in [0.1, 0.15) is 22.1 Å². The third kappa shape index (κ3) is 4.50. The van der Waals surface area contributed by atoms with Gasteiger partial charge in [-0.1, -0.05) is 6.07 Å². The third-order valence-corrected chi connectivity index (χ3v) is 4.66. The molecule has 0 spiro atoms. The Morgan fingerprint density at radius 2 is 1.72 bits per heavy atom. The van der Waals surface area contributed by atoms with Crippen molar-refractivity contribution in [2.24, 2.45) is 0 Å². The largest absolute Gasteiger partial charge is 0.497 e. The van der Waals surface area contributed by atoms with Gasteiger partial charge in [0, 0.05) is 6.07 Å². The van der Waals surface area contributed by atoms with Crippen molar-refractivity contribution in [3.05, 3.63) is 42.0 Å². The van der Waals surface area contributed by atoms with Crippen molar-refractivity contribution in [2.45, 2.75) is 18.4 Å². The van der Waals surface area contributed by atoms with E-state index in [0.717, 1.165) is 0 Å². The Kier molecular flexibility index (Phi) is 5.68. The molecule has 0 saturated heterocycles. The van der Waals surface area contributed by atoms with Gasteiger partial charge in [-0.3, -0.25) is 4.72 Å². The van der Waals surface area contributed by atoms with Crippen LogP contribution in [0.3, 0.4) is 0 Å². The normalized spacial score (nSPS) is 11.3. The van der Waals surface area contributed by atoms with Crippen molar-refractivity contribution in [3.63, 3.8) is 0 Å². The number of hydrogen-bond acceptors (Lipinski definition) is 5. The highest BCUT2D eigenvalue weighted by molar-refractivity contribution is 7.92. The molecule has 2 aromatic rings. The fourth-order valence-electron chi connectivity index (χ4n) is 2.12. The minimum atomic E-state index is -4.11. The molecule has 0 amide bonds. The van der Waals surface area contributed by atoms with E-state index in [2.05, 4.69) is 9.46 Å². The average Bonchev–Trinajstić information content (AvgIpc) is 2.56. The van der Waals surface area contributed by atoms with Crippen LogP contribution in [-0.2, 0) is 10.0 Å². The molecule has 0 atom stereocenters. The van der Waals surface area contributed by atoms with Gasteiger partial charge in [0.05, 0.1) is 19.9 Å². The zero-order valence-corrected chi connectivity index (χ0v) is 14.6. The molecule has 25 heavy (non-hydrogen) atoms. The first kappa shape index (κ1) is 18.8. The number of halogens is 2. The van der Waals surface area contributed by atoms with Gasteiger partial charge in [-0.2, -0.15) is 8.78 Å². The molecule has 0 aliphatic heterocycles. The van der Waals surface area contributed by atoms with Crippen LogP contribution in [0, 0.1) is 6.92 Å². The second kappa shape index (κ2) is 7.56. The second-order valence-corrected chi connectivity index (χ2v) is 6.65. The fourth-order valence-corrected chi connectivity index (χ4v) is 3.33. The highest BCUT2D eigenvalue weighted by atomic mass is 32.2. The average molecular weight is 373 g/mol. The Bertz CT molecular complexity index is 856. The quantitative estimate of drug-likeness (QED) is 0.805. The Balaban J connectivity index is 2.44. The number of aryl methyl sites for hydroxylation is 1. The molecule has 0 unspecified atom stereocenters. The molecule has 0 heterocycles. The summed E-state index contributed by atoms with van der Waals surface area (Å²) in [5.41, 5.74) is 0.569. The van der Waals surface area contributed by atoms with Crippen molar-refractivity contribution in [2.75, 3.05) is 18.9 Å². The Morgan fingerprint density at radius 3 is 2.32 bits per heavy atom. The minimum absolute atomic E-state index is 0.0517. The minimum Gasteiger partial charge on any atom is -0.497 e.